The van der Waals surface area contributed by atoms with Gasteiger partial charge in [0, 0.05) is 34.0 Å². The second-order valence-electron chi connectivity index (χ2n) is 5.62. The molecule has 128 valence electrons. The van der Waals surface area contributed by atoms with Crippen LogP contribution in [0.2, 0.25) is 0 Å². The molecular weight excluding hydrogens is 340 g/mol. The minimum Gasteiger partial charge on any atom is -0.387 e. The molecule has 1 amide bonds. The molecule has 0 radical (unpaired) electrons. The van der Waals surface area contributed by atoms with Crippen LogP contribution in [0.3, 0.4) is 0 Å². The van der Waals surface area contributed by atoms with Gasteiger partial charge in [0.25, 0.3) is 11.6 Å². The molecule has 3 rings (SSSR count). The van der Waals surface area contributed by atoms with E-state index in [1.165, 1.54) is 36.5 Å². The predicted molar refractivity (Wildman–Crippen MR) is 97.0 cm³/mol. The number of carbonyl (C=O) groups excluding carboxylic acids is 1. The van der Waals surface area contributed by atoms with Crippen LogP contribution in [-0.2, 0) is 0 Å². The first-order valence-corrected chi connectivity index (χ1v) is 8.53. The Labute approximate surface area is 147 Å². The van der Waals surface area contributed by atoms with Gasteiger partial charge in [0.15, 0.2) is 0 Å². The zero-order valence-corrected chi connectivity index (χ0v) is 14.2. The number of amides is 1. The third-order valence-electron chi connectivity index (χ3n) is 4.07. The summed E-state index contributed by atoms with van der Waals surface area (Å²) in [6.07, 6.45) is -0.848. The van der Waals surface area contributed by atoms with E-state index in [-0.39, 0.29) is 17.8 Å². The SMILES string of the molecule is Cc1c(C(=O)NCC(O)c2csc3ccccc23)cccc1[N+](=O)[O-]. The summed E-state index contributed by atoms with van der Waals surface area (Å²) in [6, 6.07) is 12.1. The minimum atomic E-state index is -0.848. The lowest BCUT2D eigenvalue weighted by Crippen LogP contribution is -2.29. The minimum absolute atomic E-state index is 0.0295. The van der Waals surface area contributed by atoms with Gasteiger partial charge in [0.2, 0.25) is 0 Å². The number of hydrogen-bond acceptors (Lipinski definition) is 5. The fourth-order valence-corrected chi connectivity index (χ4v) is 3.73. The first-order valence-electron chi connectivity index (χ1n) is 7.65. The Kier molecular flexibility index (Phi) is 4.78. The van der Waals surface area contributed by atoms with E-state index in [2.05, 4.69) is 5.32 Å². The standard InChI is InChI=1S/C18H16N2O4S/c1-11-12(6-4-7-15(11)20(23)24)18(22)19-9-16(21)14-10-25-17-8-3-2-5-13(14)17/h2-8,10,16,21H,9H2,1H3,(H,19,22). The van der Waals surface area contributed by atoms with Crippen LogP contribution in [0.5, 0.6) is 0 Å². The van der Waals surface area contributed by atoms with Crippen molar-refractivity contribution in [2.75, 3.05) is 6.54 Å². The van der Waals surface area contributed by atoms with Crippen LogP contribution >= 0.6 is 11.3 Å². The number of nitro groups is 1. The first-order chi connectivity index (χ1) is 12.0. The Morgan fingerprint density at radius 3 is 2.80 bits per heavy atom. The topological polar surface area (TPSA) is 92.5 Å². The lowest BCUT2D eigenvalue weighted by Gasteiger charge is -2.12. The van der Waals surface area contributed by atoms with Crippen LogP contribution < -0.4 is 5.32 Å². The fourth-order valence-electron chi connectivity index (χ4n) is 2.72. The normalized spacial score (nSPS) is 12.1. The zero-order chi connectivity index (χ0) is 18.0. The summed E-state index contributed by atoms with van der Waals surface area (Å²) in [4.78, 5) is 22.8. The molecule has 0 aliphatic carbocycles. The number of nitro benzene ring substituents is 1. The largest absolute Gasteiger partial charge is 0.387 e. The summed E-state index contributed by atoms with van der Waals surface area (Å²) < 4.78 is 1.07. The second-order valence-corrected chi connectivity index (χ2v) is 6.53. The third kappa shape index (κ3) is 3.38. The molecule has 0 fully saturated rings. The molecule has 1 atom stereocenters. The number of hydrogen-bond donors (Lipinski definition) is 2. The molecule has 0 saturated heterocycles. The molecule has 0 aliphatic rings. The molecule has 6 nitrogen and oxygen atoms in total. The number of thiophene rings is 1. The van der Waals surface area contributed by atoms with Crippen LogP contribution in [0.1, 0.15) is 27.6 Å². The quantitative estimate of drug-likeness (QED) is 0.540. The van der Waals surface area contributed by atoms with Crippen molar-refractivity contribution in [2.24, 2.45) is 0 Å². The highest BCUT2D eigenvalue weighted by molar-refractivity contribution is 7.17. The Balaban J connectivity index is 1.74. The predicted octanol–water partition coefficient (Wildman–Crippen LogP) is 3.58. The Morgan fingerprint density at radius 2 is 2.04 bits per heavy atom. The van der Waals surface area contributed by atoms with Gasteiger partial charge in [-0.25, -0.2) is 0 Å². The van der Waals surface area contributed by atoms with Gasteiger partial charge in [-0.3, -0.25) is 14.9 Å². The van der Waals surface area contributed by atoms with Gasteiger partial charge in [0.1, 0.15) is 0 Å². The number of rotatable bonds is 5. The van der Waals surface area contributed by atoms with Gasteiger partial charge in [-0.15, -0.1) is 11.3 Å². The van der Waals surface area contributed by atoms with Gasteiger partial charge in [-0.05, 0) is 29.8 Å². The summed E-state index contributed by atoms with van der Waals surface area (Å²) in [5, 5.41) is 26.9. The van der Waals surface area contributed by atoms with Gasteiger partial charge >= 0.3 is 0 Å². The van der Waals surface area contributed by atoms with Crippen molar-refractivity contribution in [1.29, 1.82) is 0 Å². The molecule has 1 aromatic heterocycles. The summed E-state index contributed by atoms with van der Waals surface area (Å²) in [6.45, 7) is 1.57. The van der Waals surface area contributed by atoms with Gasteiger partial charge in [-0.2, -0.15) is 0 Å². The van der Waals surface area contributed by atoms with E-state index in [0.717, 1.165) is 15.6 Å². The average Bonchev–Trinajstić information content (AvgIpc) is 3.03. The molecule has 2 N–H and O–H groups in total. The van der Waals surface area contributed by atoms with Crippen molar-refractivity contribution in [3.05, 3.63) is 74.6 Å². The van der Waals surface area contributed by atoms with Gasteiger partial charge in [0.05, 0.1) is 11.0 Å². The molecule has 0 spiro atoms. The summed E-state index contributed by atoms with van der Waals surface area (Å²) in [7, 11) is 0. The lowest BCUT2D eigenvalue weighted by molar-refractivity contribution is -0.385. The van der Waals surface area contributed by atoms with Crippen molar-refractivity contribution < 1.29 is 14.8 Å². The van der Waals surface area contributed by atoms with Crippen molar-refractivity contribution >= 4 is 33.0 Å². The molecule has 3 aromatic rings. The van der Waals surface area contributed by atoms with Crippen LogP contribution in [0.25, 0.3) is 10.1 Å². The van der Waals surface area contributed by atoms with Crippen LogP contribution in [0.15, 0.2) is 47.8 Å². The smallest absolute Gasteiger partial charge is 0.273 e. The molecule has 25 heavy (non-hydrogen) atoms. The summed E-state index contributed by atoms with van der Waals surface area (Å²) in [5.74, 6) is -0.445. The molecule has 1 heterocycles. The van der Waals surface area contributed by atoms with E-state index in [9.17, 15) is 20.0 Å². The first kappa shape index (κ1) is 17.1. The second kappa shape index (κ2) is 7.00. The average molecular weight is 356 g/mol. The monoisotopic (exact) mass is 356 g/mol. The van der Waals surface area contributed by atoms with Crippen molar-refractivity contribution in [3.8, 4) is 0 Å². The Morgan fingerprint density at radius 1 is 1.28 bits per heavy atom. The number of aliphatic hydroxyl groups excluding tert-OH is 1. The number of nitrogens with one attached hydrogen (secondary N) is 1. The molecule has 2 aromatic carbocycles. The number of benzene rings is 2. The van der Waals surface area contributed by atoms with Gasteiger partial charge < -0.3 is 10.4 Å². The van der Waals surface area contributed by atoms with Crippen molar-refractivity contribution in [3.63, 3.8) is 0 Å². The Hall–Kier alpha value is -2.77. The number of carbonyl (C=O) groups is 1. The van der Waals surface area contributed by atoms with Crippen LogP contribution in [-0.4, -0.2) is 22.5 Å². The molecule has 1 unspecified atom stereocenters. The van der Waals surface area contributed by atoms with Crippen molar-refractivity contribution in [1.82, 2.24) is 5.32 Å². The highest BCUT2D eigenvalue weighted by Crippen LogP contribution is 2.30. The van der Waals surface area contributed by atoms with E-state index in [0.29, 0.717) is 5.56 Å². The van der Waals surface area contributed by atoms with Crippen molar-refractivity contribution in [2.45, 2.75) is 13.0 Å². The van der Waals surface area contributed by atoms with Crippen LogP contribution in [0.4, 0.5) is 5.69 Å². The maximum atomic E-state index is 12.3. The summed E-state index contributed by atoms with van der Waals surface area (Å²) in [5.41, 5.74) is 1.20. The lowest BCUT2D eigenvalue weighted by atomic mass is 10.1. The molecule has 0 saturated carbocycles. The number of nitrogens with zero attached hydrogens (tertiary/aromatic N) is 1. The highest BCUT2D eigenvalue weighted by Gasteiger charge is 2.19. The maximum Gasteiger partial charge on any atom is 0.273 e. The fraction of sp³-hybridized carbons (Fsp3) is 0.167. The molecular formula is C18H16N2O4S. The van der Waals surface area contributed by atoms with E-state index < -0.39 is 16.9 Å². The maximum absolute atomic E-state index is 12.3. The molecule has 0 aliphatic heterocycles. The third-order valence-corrected chi connectivity index (χ3v) is 5.05. The van der Waals surface area contributed by atoms with E-state index in [1.54, 1.807) is 0 Å². The van der Waals surface area contributed by atoms with E-state index >= 15 is 0 Å². The Bertz CT molecular complexity index is 951. The van der Waals surface area contributed by atoms with Gasteiger partial charge in [-0.1, -0.05) is 24.3 Å². The zero-order valence-electron chi connectivity index (χ0n) is 13.4. The van der Waals surface area contributed by atoms with E-state index in [1.807, 2.05) is 29.6 Å². The molecule has 0 bridgehead atoms. The van der Waals surface area contributed by atoms with Crippen LogP contribution in [0, 0.1) is 17.0 Å². The van der Waals surface area contributed by atoms with E-state index in [4.69, 9.17) is 0 Å². The number of aliphatic hydroxyl groups is 1. The molecule has 7 heteroatoms. The number of fused-ring (bicyclic) bond motifs is 1. The summed E-state index contributed by atoms with van der Waals surface area (Å²) >= 11 is 1.53. The highest BCUT2D eigenvalue weighted by atomic mass is 32.1.